The van der Waals surface area contributed by atoms with Gasteiger partial charge in [-0.3, -0.25) is 0 Å². The van der Waals surface area contributed by atoms with Gasteiger partial charge >= 0.3 is 0 Å². The van der Waals surface area contributed by atoms with E-state index in [1.807, 2.05) is 19.1 Å². The molecule has 1 N–H and O–H groups in total. The third-order valence-electron chi connectivity index (χ3n) is 2.99. The van der Waals surface area contributed by atoms with Crippen LogP contribution in [-0.2, 0) is 0 Å². The molecule has 17 heavy (non-hydrogen) atoms. The minimum Gasteiger partial charge on any atom is -0.458 e. The Balaban J connectivity index is 2.37. The summed E-state index contributed by atoms with van der Waals surface area (Å²) in [6, 6.07) is 10.0. The average Bonchev–Trinajstić information content (AvgIpc) is 2.77. The second-order valence-corrected chi connectivity index (χ2v) is 4.44. The highest BCUT2D eigenvalue weighted by molar-refractivity contribution is 5.62. The number of aliphatic hydroxyl groups excluding tert-OH is 1. The van der Waals surface area contributed by atoms with Crippen molar-refractivity contribution in [2.45, 2.75) is 33.3 Å². The lowest BCUT2D eigenvalue weighted by Crippen LogP contribution is -1.91. The first-order valence-corrected chi connectivity index (χ1v) is 5.97. The largest absolute Gasteiger partial charge is 0.458 e. The summed E-state index contributed by atoms with van der Waals surface area (Å²) in [5.41, 5.74) is 3.52. The topological polar surface area (TPSA) is 33.4 Å². The molecule has 0 saturated heterocycles. The molecular formula is C15H18O2. The first kappa shape index (κ1) is 11.9. The summed E-state index contributed by atoms with van der Waals surface area (Å²) in [4.78, 5) is 0. The summed E-state index contributed by atoms with van der Waals surface area (Å²) < 4.78 is 5.69. The van der Waals surface area contributed by atoms with Gasteiger partial charge in [0, 0.05) is 5.56 Å². The van der Waals surface area contributed by atoms with Crippen molar-refractivity contribution in [3.8, 4) is 11.3 Å². The number of hydrogen-bond acceptors (Lipinski definition) is 2. The zero-order valence-electron chi connectivity index (χ0n) is 10.5. The van der Waals surface area contributed by atoms with E-state index in [4.69, 9.17) is 4.42 Å². The molecule has 1 unspecified atom stereocenters. The van der Waals surface area contributed by atoms with Crippen molar-refractivity contribution in [1.29, 1.82) is 0 Å². The maximum atomic E-state index is 9.71. The highest BCUT2D eigenvalue weighted by Crippen LogP contribution is 2.29. The average molecular weight is 230 g/mol. The van der Waals surface area contributed by atoms with Crippen LogP contribution in [0.3, 0.4) is 0 Å². The molecule has 0 radical (unpaired) electrons. The Labute approximate surface area is 102 Å². The zero-order chi connectivity index (χ0) is 12.4. The van der Waals surface area contributed by atoms with Gasteiger partial charge in [-0.05, 0) is 38.0 Å². The summed E-state index contributed by atoms with van der Waals surface area (Å²) in [6.07, 6.45) is 0.161. The van der Waals surface area contributed by atoms with Crippen LogP contribution in [0.25, 0.3) is 11.3 Å². The van der Waals surface area contributed by atoms with Crippen LogP contribution < -0.4 is 0 Å². The molecule has 0 aliphatic carbocycles. The Morgan fingerprint density at radius 3 is 2.59 bits per heavy atom. The number of aryl methyl sites for hydroxylation is 2. The lowest BCUT2D eigenvalue weighted by molar-refractivity contribution is 0.147. The monoisotopic (exact) mass is 230 g/mol. The number of benzene rings is 1. The van der Waals surface area contributed by atoms with E-state index in [9.17, 15) is 5.11 Å². The molecule has 0 amide bonds. The first-order valence-electron chi connectivity index (χ1n) is 5.97. The molecule has 0 fully saturated rings. The van der Waals surface area contributed by atoms with Crippen LogP contribution in [0.2, 0.25) is 0 Å². The molecule has 0 spiro atoms. The fraction of sp³-hybridized carbons (Fsp3) is 0.333. The van der Waals surface area contributed by atoms with Crippen LogP contribution in [0.15, 0.2) is 34.7 Å². The molecule has 0 aliphatic heterocycles. The Morgan fingerprint density at radius 2 is 1.94 bits per heavy atom. The van der Waals surface area contributed by atoms with Gasteiger partial charge in [0.15, 0.2) is 0 Å². The highest BCUT2D eigenvalue weighted by Gasteiger charge is 2.12. The number of hydrogen-bond donors (Lipinski definition) is 1. The molecular weight excluding hydrogens is 212 g/mol. The predicted octanol–water partition coefficient (Wildman–Crippen LogP) is 4.01. The molecule has 0 saturated carbocycles. The normalized spacial score (nSPS) is 12.7. The predicted molar refractivity (Wildman–Crippen MR) is 68.9 cm³/mol. The minimum atomic E-state index is -0.505. The van der Waals surface area contributed by atoms with Crippen LogP contribution in [0.1, 0.15) is 36.3 Å². The van der Waals surface area contributed by atoms with Gasteiger partial charge in [-0.15, -0.1) is 0 Å². The molecule has 2 nitrogen and oxygen atoms in total. The van der Waals surface area contributed by atoms with Gasteiger partial charge in [-0.2, -0.15) is 0 Å². The molecule has 0 aliphatic rings. The van der Waals surface area contributed by atoms with Crippen molar-refractivity contribution in [2.24, 2.45) is 0 Å². The van der Waals surface area contributed by atoms with Gasteiger partial charge < -0.3 is 9.52 Å². The van der Waals surface area contributed by atoms with E-state index in [-0.39, 0.29) is 0 Å². The van der Waals surface area contributed by atoms with E-state index in [0.29, 0.717) is 12.2 Å². The Bertz CT molecular complexity index is 511. The van der Waals surface area contributed by atoms with E-state index in [0.717, 1.165) is 11.3 Å². The fourth-order valence-corrected chi connectivity index (χ4v) is 1.97. The molecule has 1 aromatic heterocycles. The van der Waals surface area contributed by atoms with Crippen LogP contribution in [0.4, 0.5) is 0 Å². The van der Waals surface area contributed by atoms with Crippen molar-refractivity contribution in [3.63, 3.8) is 0 Å². The molecule has 2 heteroatoms. The Hall–Kier alpha value is -1.54. The van der Waals surface area contributed by atoms with E-state index < -0.39 is 6.10 Å². The van der Waals surface area contributed by atoms with E-state index in [1.54, 1.807) is 0 Å². The zero-order valence-corrected chi connectivity index (χ0v) is 10.5. The van der Waals surface area contributed by atoms with Crippen LogP contribution >= 0.6 is 0 Å². The standard InChI is InChI=1S/C15H18O2/c1-4-13(16)15-8-7-14(17-15)12-6-5-10(2)9-11(12)3/h5-9,13,16H,4H2,1-3H3. The van der Waals surface area contributed by atoms with Crippen molar-refractivity contribution in [3.05, 3.63) is 47.2 Å². The maximum Gasteiger partial charge on any atom is 0.134 e. The van der Waals surface area contributed by atoms with Crippen molar-refractivity contribution < 1.29 is 9.52 Å². The minimum absolute atomic E-state index is 0.505. The van der Waals surface area contributed by atoms with E-state index in [1.165, 1.54) is 11.1 Å². The summed E-state index contributed by atoms with van der Waals surface area (Å²) in [5.74, 6) is 1.47. The van der Waals surface area contributed by atoms with E-state index in [2.05, 4.69) is 32.0 Å². The highest BCUT2D eigenvalue weighted by atomic mass is 16.4. The number of furan rings is 1. The SMILES string of the molecule is CCC(O)c1ccc(-c2ccc(C)cc2C)o1. The van der Waals surface area contributed by atoms with Crippen molar-refractivity contribution in [2.75, 3.05) is 0 Å². The molecule has 2 rings (SSSR count). The summed E-state index contributed by atoms with van der Waals surface area (Å²) in [7, 11) is 0. The molecule has 1 aromatic carbocycles. The lowest BCUT2D eigenvalue weighted by Gasteiger charge is -2.05. The Kier molecular flexibility index (Phi) is 3.34. The van der Waals surface area contributed by atoms with Crippen LogP contribution in [0.5, 0.6) is 0 Å². The molecule has 2 aromatic rings. The van der Waals surface area contributed by atoms with Crippen molar-refractivity contribution in [1.82, 2.24) is 0 Å². The maximum absolute atomic E-state index is 9.71. The fourth-order valence-electron chi connectivity index (χ4n) is 1.97. The molecule has 1 atom stereocenters. The van der Waals surface area contributed by atoms with Gasteiger partial charge in [0.25, 0.3) is 0 Å². The third-order valence-corrected chi connectivity index (χ3v) is 2.99. The summed E-state index contributed by atoms with van der Waals surface area (Å²) in [5, 5.41) is 9.71. The quantitative estimate of drug-likeness (QED) is 0.864. The van der Waals surface area contributed by atoms with E-state index >= 15 is 0 Å². The third kappa shape index (κ3) is 2.42. The van der Waals surface area contributed by atoms with Gasteiger partial charge in [0.2, 0.25) is 0 Å². The smallest absolute Gasteiger partial charge is 0.134 e. The molecule has 1 heterocycles. The van der Waals surface area contributed by atoms with Crippen molar-refractivity contribution >= 4 is 0 Å². The van der Waals surface area contributed by atoms with Crippen LogP contribution in [-0.4, -0.2) is 5.11 Å². The molecule has 90 valence electrons. The summed E-state index contributed by atoms with van der Waals surface area (Å²) >= 11 is 0. The first-order chi connectivity index (χ1) is 8.11. The van der Waals surface area contributed by atoms with Gasteiger partial charge in [-0.25, -0.2) is 0 Å². The van der Waals surface area contributed by atoms with Gasteiger partial charge in [0.1, 0.15) is 17.6 Å². The lowest BCUT2D eigenvalue weighted by atomic mass is 10.0. The number of aliphatic hydroxyl groups is 1. The number of rotatable bonds is 3. The molecule has 0 bridgehead atoms. The Morgan fingerprint density at radius 1 is 1.18 bits per heavy atom. The van der Waals surface area contributed by atoms with Gasteiger partial charge in [-0.1, -0.05) is 30.7 Å². The second kappa shape index (κ2) is 4.76. The van der Waals surface area contributed by atoms with Crippen LogP contribution in [0, 0.1) is 13.8 Å². The van der Waals surface area contributed by atoms with Gasteiger partial charge in [0.05, 0.1) is 0 Å². The second-order valence-electron chi connectivity index (χ2n) is 4.44. The summed E-state index contributed by atoms with van der Waals surface area (Å²) in [6.45, 7) is 6.08.